The first-order chi connectivity index (χ1) is 10.1. The lowest BCUT2D eigenvalue weighted by atomic mass is 10.2. The van der Waals surface area contributed by atoms with Crippen LogP contribution in [0.5, 0.6) is 0 Å². The van der Waals surface area contributed by atoms with Crippen LogP contribution in [0.3, 0.4) is 0 Å². The molecule has 0 saturated heterocycles. The maximum absolute atomic E-state index is 6.19. The normalized spacial score (nSPS) is 10.6. The number of aromatic nitrogens is 1. The van der Waals surface area contributed by atoms with Crippen LogP contribution < -0.4 is 5.32 Å². The van der Waals surface area contributed by atoms with E-state index in [1.54, 1.807) is 0 Å². The molecule has 0 unspecified atom stereocenters. The van der Waals surface area contributed by atoms with Crippen molar-refractivity contribution in [3.63, 3.8) is 0 Å². The van der Waals surface area contributed by atoms with Gasteiger partial charge < -0.3 is 5.32 Å². The molecule has 1 N–H and O–H groups in total. The van der Waals surface area contributed by atoms with Crippen LogP contribution in [0.4, 0.5) is 10.8 Å². The fourth-order valence-electron chi connectivity index (χ4n) is 1.92. The minimum atomic E-state index is 0.702. The van der Waals surface area contributed by atoms with Crippen molar-refractivity contribution in [1.29, 1.82) is 0 Å². The predicted octanol–water partition coefficient (Wildman–Crippen LogP) is 6.17. The fraction of sp³-hybridized carbons (Fsp3) is 0.0625. The Balaban J connectivity index is 1.85. The molecule has 0 aliphatic rings. The smallest absolute Gasteiger partial charge is 0.187 e. The van der Waals surface area contributed by atoms with Crippen LogP contribution >= 0.6 is 34.5 Å². The van der Waals surface area contributed by atoms with Gasteiger partial charge in [0, 0.05) is 26.7 Å². The second-order valence-electron chi connectivity index (χ2n) is 4.61. The number of hydrogen-bond acceptors (Lipinski definition) is 3. The number of nitrogens with zero attached hydrogens (tertiary/aromatic N) is 1. The van der Waals surface area contributed by atoms with E-state index in [-0.39, 0.29) is 0 Å². The molecule has 3 rings (SSSR count). The fourth-order valence-corrected chi connectivity index (χ4v) is 3.06. The topological polar surface area (TPSA) is 24.9 Å². The Bertz CT molecular complexity index is 783. The number of aryl methyl sites for hydroxylation is 1. The minimum Gasteiger partial charge on any atom is -0.331 e. The molecule has 106 valence electrons. The van der Waals surface area contributed by atoms with Crippen LogP contribution in [0, 0.1) is 6.92 Å². The molecule has 0 aliphatic heterocycles. The first-order valence-electron chi connectivity index (χ1n) is 6.37. The van der Waals surface area contributed by atoms with Crippen molar-refractivity contribution in [2.45, 2.75) is 6.92 Å². The zero-order valence-corrected chi connectivity index (χ0v) is 13.6. The first-order valence-corrected chi connectivity index (χ1v) is 8.00. The highest BCUT2D eigenvalue weighted by atomic mass is 35.5. The van der Waals surface area contributed by atoms with Crippen LogP contribution in [0.2, 0.25) is 10.0 Å². The molecule has 3 aromatic rings. The van der Waals surface area contributed by atoms with Gasteiger partial charge in [-0.15, -0.1) is 11.3 Å². The third-order valence-corrected chi connectivity index (χ3v) is 4.57. The second-order valence-corrected chi connectivity index (χ2v) is 6.28. The molecule has 21 heavy (non-hydrogen) atoms. The molecule has 2 nitrogen and oxygen atoms in total. The molecule has 1 heterocycles. The van der Waals surface area contributed by atoms with Gasteiger partial charge in [-0.25, -0.2) is 4.98 Å². The molecule has 0 fully saturated rings. The van der Waals surface area contributed by atoms with E-state index in [4.69, 9.17) is 23.2 Å². The van der Waals surface area contributed by atoms with Crippen LogP contribution in [-0.4, -0.2) is 4.98 Å². The Hall–Kier alpha value is -1.55. The molecular formula is C16H12Cl2N2S. The van der Waals surface area contributed by atoms with E-state index in [0.29, 0.717) is 5.02 Å². The first kappa shape index (κ1) is 14.4. The molecule has 1 aromatic heterocycles. The summed E-state index contributed by atoms with van der Waals surface area (Å²) < 4.78 is 0. The van der Waals surface area contributed by atoms with Gasteiger partial charge in [0.2, 0.25) is 0 Å². The van der Waals surface area contributed by atoms with E-state index in [2.05, 4.69) is 10.3 Å². The molecule has 0 aliphatic carbocycles. The van der Waals surface area contributed by atoms with Crippen molar-refractivity contribution < 1.29 is 0 Å². The van der Waals surface area contributed by atoms with Gasteiger partial charge in [0.05, 0.1) is 5.69 Å². The Labute approximate surface area is 137 Å². The maximum atomic E-state index is 6.19. The van der Waals surface area contributed by atoms with Gasteiger partial charge in [-0.2, -0.15) is 0 Å². The standard InChI is InChI=1S/C16H12Cl2N2S/c1-10-6-7-11(8-14(10)18)19-16-20-15(9-21-16)12-4-2-3-5-13(12)17/h2-9H,1H3,(H,19,20). The van der Waals surface area contributed by atoms with Crippen molar-refractivity contribution in [3.05, 3.63) is 63.5 Å². The average molecular weight is 335 g/mol. The van der Waals surface area contributed by atoms with Gasteiger partial charge in [-0.3, -0.25) is 0 Å². The summed E-state index contributed by atoms with van der Waals surface area (Å²) in [5.41, 5.74) is 3.78. The maximum Gasteiger partial charge on any atom is 0.187 e. The van der Waals surface area contributed by atoms with Crippen molar-refractivity contribution >= 4 is 45.4 Å². The predicted molar refractivity (Wildman–Crippen MR) is 92.0 cm³/mol. The van der Waals surface area contributed by atoms with Gasteiger partial charge in [-0.1, -0.05) is 47.5 Å². The van der Waals surface area contributed by atoms with Crippen molar-refractivity contribution in [2.75, 3.05) is 5.32 Å². The summed E-state index contributed by atoms with van der Waals surface area (Å²) in [6.07, 6.45) is 0. The lowest BCUT2D eigenvalue weighted by Crippen LogP contribution is -1.90. The number of rotatable bonds is 3. The summed E-state index contributed by atoms with van der Waals surface area (Å²) in [7, 11) is 0. The Morgan fingerprint density at radius 1 is 1.05 bits per heavy atom. The highest BCUT2D eigenvalue weighted by Crippen LogP contribution is 2.32. The van der Waals surface area contributed by atoms with E-state index in [9.17, 15) is 0 Å². The molecule has 2 aromatic carbocycles. The number of benzene rings is 2. The lowest BCUT2D eigenvalue weighted by molar-refractivity contribution is 1.38. The summed E-state index contributed by atoms with van der Waals surface area (Å²) in [6, 6.07) is 13.5. The number of hydrogen-bond donors (Lipinski definition) is 1. The summed E-state index contributed by atoms with van der Waals surface area (Å²) in [5.74, 6) is 0. The molecule has 0 saturated carbocycles. The van der Waals surface area contributed by atoms with Gasteiger partial charge in [0.15, 0.2) is 5.13 Å². The van der Waals surface area contributed by atoms with Crippen molar-refractivity contribution in [3.8, 4) is 11.3 Å². The van der Waals surface area contributed by atoms with Crippen LogP contribution in [0.15, 0.2) is 47.8 Å². The highest BCUT2D eigenvalue weighted by molar-refractivity contribution is 7.14. The third-order valence-electron chi connectivity index (χ3n) is 3.08. The van der Waals surface area contributed by atoms with Gasteiger partial charge in [0.1, 0.15) is 0 Å². The molecule has 0 amide bonds. The highest BCUT2D eigenvalue weighted by Gasteiger charge is 2.08. The van der Waals surface area contributed by atoms with Crippen LogP contribution in [0.1, 0.15) is 5.56 Å². The minimum absolute atomic E-state index is 0.702. The van der Waals surface area contributed by atoms with Crippen LogP contribution in [0.25, 0.3) is 11.3 Å². The van der Waals surface area contributed by atoms with E-state index < -0.39 is 0 Å². The summed E-state index contributed by atoms with van der Waals surface area (Å²) in [6.45, 7) is 1.98. The zero-order valence-electron chi connectivity index (χ0n) is 11.2. The number of nitrogens with one attached hydrogen (secondary N) is 1. The average Bonchev–Trinajstić information content (AvgIpc) is 2.92. The largest absolute Gasteiger partial charge is 0.331 e. The lowest BCUT2D eigenvalue weighted by Gasteiger charge is -2.04. The third kappa shape index (κ3) is 3.21. The van der Waals surface area contributed by atoms with Crippen molar-refractivity contribution in [2.24, 2.45) is 0 Å². The van der Waals surface area contributed by atoms with E-state index in [1.807, 2.05) is 54.8 Å². The summed E-state index contributed by atoms with van der Waals surface area (Å²) in [4.78, 5) is 4.57. The SMILES string of the molecule is Cc1ccc(Nc2nc(-c3ccccc3Cl)cs2)cc1Cl. The summed E-state index contributed by atoms with van der Waals surface area (Å²) in [5, 5.41) is 7.50. The molecule has 5 heteroatoms. The molecule has 0 spiro atoms. The monoisotopic (exact) mass is 334 g/mol. The quantitative estimate of drug-likeness (QED) is 0.619. The molecule has 0 radical (unpaired) electrons. The number of thiazole rings is 1. The molecular weight excluding hydrogens is 323 g/mol. The Morgan fingerprint density at radius 2 is 1.86 bits per heavy atom. The zero-order chi connectivity index (χ0) is 14.8. The number of anilines is 2. The van der Waals surface area contributed by atoms with Crippen LogP contribution in [-0.2, 0) is 0 Å². The van der Waals surface area contributed by atoms with E-state index in [1.165, 1.54) is 11.3 Å². The number of halogens is 2. The molecule has 0 atom stereocenters. The van der Waals surface area contributed by atoms with E-state index >= 15 is 0 Å². The van der Waals surface area contributed by atoms with Gasteiger partial charge in [0.25, 0.3) is 0 Å². The van der Waals surface area contributed by atoms with Gasteiger partial charge in [-0.05, 0) is 30.7 Å². The van der Waals surface area contributed by atoms with Gasteiger partial charge >= 0.3 is 0 Å². The second kappa shape index (κ2) is 6.06. The Kier molecular flexibility index (Phi) is 4.15. The Morgan fingerprint density at radius 3 is 2.62 bits per heavy atom. The van der Waals surface area contributed by atoms with E-state index in [0.717, 1.165) is 32.7 Å². The summed E-state index contributed by atoms with van der Waals surface area (Å²) >= 11 is 13.9. The van der Waals surface area contributed by atoms with Crippen molar-refractivity contribution in [1.82, 2.24) is 4.98 Å². The molecule has 0 bridgehead atoms.